The third kappa shape index (κ3) is 1.55. The molecule has 0 atom stereocenters. The van der Waals surface area contributed by atoms with Crippen molar-refractivity contribution in [2.24, 2.45) is 4.99 Å². The molecule has 0 aromatic carbocycles. The van der Waals surface area contributed by atoms with Crippen molar-refractivity contribution < 1.29 is 12.8 Å². The Hall–Kier alpha value is -0.880. The smallest absolute Gasteiger partial charge is 0.228 e. The van der Waals surface area contributed by atoms with Crippen molar-refractivity contribution in [3.8, 4) is 0 Å². The fraction of sp³-hybridized carbons (Fsp3) is 0.125. The number of furan rings is 1. The summed E-state index contributed by atoms with van der Waals surface area (Å²) in [7, 11) is -3.37. The second-order valence-electron chi connectivity index (χ2n) is 2.72. The van der Waals surface area contributed by atoms with Gasteiger partial charge >= 0.3 is 0 Å². The molecule has 4 nitrogen and oxygen atoms in total. The Bertz CT molecular complexity index is 499. The Kier molecular flexibility index (Phi) is 2.32. The van der Waals surface area contributed by atoms with E-state index in [-0.39, 0.29) is 15.3 Å². The molecule has 0 unspecified atom stereocenters. The molecule has 1 aliphatic heterocycles. The van der Waals surface area contributed by atoms with Crippen LogP contribution in [0.15, 0.2) is 37.8 Å². The zero-order chi connectivity index (χ0) is 10.2. The highest BCUT2D eigenvalue weighted by Gasteiger charge is 2.28. The van der Waals surface area contributed by atoms with Crippen LogP contribution in [-0.4, -0.2) is 13.5 Å². The number of rotatable bonds is 2. The number of hydrogen-bond acceptors (Lipinski definition) is 4. The Morgan fingerprint density at radius 2 is 2.29 bits per heavy atom. The summed E-state index contributed by atoms with van der Waals surface area (Å²) >= 11 is 2.93. The van der Waals surface area contributed by atoms with Crippen LogP contribution in [0, 0.1) is 0 Å². The molecule has 0 fully saturated rings. The fourth-order valence-electron chi connectivity index (χ4n) is 1.08. The van der Waals surface area contributed by atoms with Gasteiger partial charge in [-0.05, 0) is 28.1 Å². The molecule has 1 aromatic heterocycles. The van der Waals surface area contributed by atoms with Crippen LogP contribution in [0.25, 0.3) is 0 Å². The molecule has 0 spiro atoms. The maximum atomic E-state index is 11.5. The Balaban J connectivity index is 2.25. The van der Waals surface area contributed by atoms with Crippen LogP contribution in [0.1, 0.15) is 5.76 Å². The molecule has 6 heteroatoms. The third-order valence-electron chi connectivity index (χ3n) is 1.78. The summed E-state index contributed by atoms with van der Waals surface area (Å²) in [5.41, 5.74) is 0. The number of aliphatic imine (C=N–C) groups is 1. The molecule has 2 heterocycles. The molecule has 1 aliphatic rings. The minimum atomic E-state index is -3.37. The molecule has 1 aromatic rings. The van der Waals surface area contributed by atoms with E-state index in [1.165, 1.54) is 12.5 Å². The maximum Gasteiger partial charge on any atom is 0.228 e. The van der Waals surface area contributed by atoms with E-state index in [0.29, 0.717) is 5.76 Å². The molecular formula is C8H6BrNO3S. The van der Waals surface area contributed by atoms with E-state index >= 15 is 0 Å². The van der Waals surface area contributed by atoms with Crippen molar-refractivity contribution in [2.75, 3.05) is 0 Å². The summed E-state index contributed by atoms with van der Waals surface area (Å²) in [6.07, 6.45) is 2.98. The molecule has 0 radical (unpaired) electrons. The molecule has 0 saturated heterocycles. The van der Waals surface area contributed by atoms with Crippen LogP contribution >= 0.6 is 15.9 Å². The van der Waals surface area contributed by atoms with Crippen LogP contribution in [-0.2, 0) is 16.3 Å². The predicted octanol–water partition coefficient (Wildman–Crippen LogP) is 1.84. The molecule has 2 rings (SSSR count). The zero-order valence-corrected chi connectivity index (χ0v) is 9.38. The summed E-state index contributed by atoms with van der Waals surface area (Å²) in [5, 5.41) is 0.110. The van der Waals surface area contributed by atoms with Gasteiger partial charge in [-0.2, -0.15) is 0 Å². The molecule has 0 N–H and O–H groups in total. The average molecular weight is 276 g/mol. The lowest BCUT2D eigenvalue weighted by Gasteiger charge is -1.98. The highest BCUT2D eigenvalue weighted by atomic mass is 79.9. The molecule has 74 valence electrons. The second-order valence-corrected chi connectivity index (χ2v) is 6.01. The first-order chi connectivity index (χ1) is 6.60. The average Bonchev–Trinajstić information content (AvgIpc) is 2.70. The SMILES string of the molecule is O=S1(=O)C(Br)=CN=C1Cc1ccco1. The molecule has 0 amide bonds. The normalized spacial score (nSPS) is 19.2. The van der Waals surface area contributed by atoms with Crippen LogP contribution in [0.2, 0.25) is 0 Å². The van der Waals surface area contributed by atoms with Crippen LogP contribution < -0.4 is 0 Å². The molecule has 0 aliphatic carbocycles. The molecular weight excluding hydrogens is 270 g/mol. The highest BCUT2D eigenvalue weighted by molar-refractivity contribution is 9.14. The standard InChI is InChI=1S/C8H6BrNO3S/c9-7-5-10-8(14(7,11)12)4-6-2-1-3-13-6/h1-3,5H,4H2. The van der Waals surface area contributed by atoms with Crippen LogP contribution in [0.3, 0.4) is 0 Å². The Morgan fingerprint density at radius 1 is 1.50 bits per heavy atom. The Morgan fingerprint density at radius 3 is 2.79 bits per heavy atom. The van der Waals surface area contributed by atoms with E-state index in [4.69, 9.17) is 4.42 Å². The fourth-order valence-corrected chi connectivity index (χ4v) is 2.68. The lowest BCUT2D eigenvalue weighted by molar-refractivity contribution is 0.526. The quantitative estimate of drug-likeness (QED) is 0.828. The summed E-state index contributed by atoms with van der Waals surface area (Å²) in [6, 6.07) is 3.42. The molecule has 0 saturated carbocycles. The van der Waals surface area contributed by atoms with Crippen LogP contribution in [0.5, 0.6) is 0 Å². The van der Waals surface area contributed by atoms with E-state index in [1.807, 2.05) is 0 Å². The second kappa shape index (κ2) is 3.36. The predicted molar refractivity (Wildman–Crippen MR) is 55.8 cm³/mol. The number of sulfone groups is 1. The molecule has 14 heavy (non-hydrogen) atoms. The first-order valence-electron chi connectivity index (χ1n) is 3.80. The Labute approximate surface area is 89.4 Å². The van der Waals surface area contributed by atoms with E-state index in [2.05, 4.69) is 20.9 Å². The lowest BCUT2D eigenvalue weighted by Crippen LogP contribution is -2.13. The summed E-state index contributed by atoms with van der Waals surface area (Å²) in [6.45, 7) is 0. The first-order valence-corrected chi connectivity index (χ1v) is 6.08. The molecule has 0 bridgehead atoms. The van der Waals surface area contributed by atoms with Gasteiger partial charge in [0, 0.05) is 0 Å². The van der Waals surface area contributed by atoms with Crippen molar-refractivity contribution in [1.29, 1.82) is 0 Å². The van der Waals surface area contributed by atoms with E-state index in [9.17, 15) is 8.42 Å². The van der Waals surface area contributed by atoms with Gasteiger partial charge in [0.15, 0.2) is 0 Å². The van der Waals surface area contributed by atoms with Gasteiger partial charge < -0.3 is 4.42 Å². The van der Waals surface area contributed by atoms with Crippen molar-refractivity contribution in [2.45, 2.75) is 6.42 Å². The van der Waals surface area contributed by atoms with Gasteiger partial charge in [-0.3, -0.25) is 0 Å². The van der Waals surface area contributed by atoms with Crippen molar-refractivity contribution in [3.63, 3.8) is 0 Å². The summed E-state index contributed by atoms with van der Waals surface area (Å²) in [4.78, 5) is 3.80. The third-order valence-corrected chi connectivity index (χ3v) is 4.75. The maximum absolute atomic E-state index is 11.5. The van der Waals surface area contributed by atoms with E-state index in [0.717, 1.165) is 0 Å². The first kappa shape index (κ1) is 9.67. The van der Waals surface area contributed by atoms with E-state index in [1.54, 1.807) is 12.1 Å². The van der Waals surface area contributed by atoms with Gasteiger partial charge in [0.1, 0.15) is 14.6 Å². The largest absolute Gasteiger partial charge is 0.469 e. The minimum Gasteiger partial charge on any atom is -0.469 e. The van der Waals surface area contributed by atoms with Gasteiger partial charge in [0.2, 0.25) is 9.84 Å². The minimum absolute atomic E-state index is 0.103. The summed E-state index contributed by atoms with van der Waals surface area (Å²) in [5.74, 6) is 0.586. The van der Waals surface area contributed by atoms with E-state index < -0.39 is 9.84 Å². The number of halogens is 1. The van der Waals surface area contributed by atoms with Crippen LogP contribution in [0.4, 0.5) is 0 Å². The number of hydrogen-bond donors (Lipinski definition) is 0. The van der Waals surface area contributed by atoms with Crippen molar-refractivity contribution >= 4 is 30.8 Å². The van der Waals surface area contributed by atoms with Gasteiger partial charge in [-0.15, -0.1) is 0 Å². The van der Waals surface area contributed by atoms with Gasteiger partial charge in [-0.25, -0.2) is 13.4 Å². The lowest BCUT2D eigenvalue weighted by atomic mass is 10.3. The van der Waals surface area contributed by atoms with Crippen molar-refractivity contribution in [3.05, 3.63) is 34.2 Å². The number of nitrogens with zero attached hydrogens (tertiary/aromatic N) is 1. The zero-order valence-electron chi connectivity index (χ0n) is 6.97. The summed E-state index contributed by atoms with van der Waals surface area (Å²) < 4.78 is 28.2. The van der Waals surface area contributed by atoms with Gasteiger partial charge in [0.05, 0.1) is 18.9 Å². The van der Waals surface area contributed by atoms with Crippen molar-refractivity contribution in [1.82, 2.24) is 0 Å². The van der Waals surface area contributed by atoms with Gasteiger partial charge in [-0.1, -0.05) is 0 Å². The topological polar surface area (TPSA) is 59.6 Å². The highest BCUT2D eigenvalue weighted by Crippen LogP contribution is 2.24. The monoisotopic (exact) mass is 275 g/mol. The van der Waals surface area contributed by atoms with Gasteiger partial charge in [0.25, 0.3) is 0 Å².